The number of benzene rings is 1. The van der Waals surface area contributed by atoms with Gasteiger partial charge in [0.05, 0.1) is 15.5 Å². The van der Waals surface area contributed by atoms with Crippen LogP contribution in [0, 0.1) is 5.92 Å². The highest BCUT2D eigenvalue weighted by Crippen LogP contribution is 2.24. The van der Waals surface area contributed by atoms with E-state index in [1.54, 1.807) is 4.90 Å². The maximum Gasteiger partial charge on any atom is 0.261 e. The summed E-state index contributed by atoms with van der Waals surface area (Å²) in [7, 11) is 1.42. The summed E-state index contributed by atoms with van der Waals surface area (Å²) in [6, 6.07) is 3.89. The van der Waals surface area contributed by atoms with Crippen LogP contribution in [-0.4, -0.2) is 32.3 Å². The summed E-state index contributed by atoms with van der Waals surface area (Å²) >= 11 is 6.03. The number of hydrogen-bond acceptors (Lipinski definition) is 3. The first-order valence-corrected chi connectivity index (χ1v) is 9.42. The minimum absolute atomic E-state index is 0.128. The van der Waals surface area contributed by atoms with E-state index in [9.17, 15) is 13.2 Å². The quantitative estimate of drug-likeness (QED) is 0.732. The SMILES string of the molecule is CCC(C)CN(CC)C(=O)c1cc(S(=O)(=O)Cl)ccc1Cl. The van der Waals surface area contributed by atoms with Crippen LogP contribution in [0.2, 0.25) is 5.02 Å². The van der Waals surface area contributed by atoms with E-state index in [1.165, 1.54) is 18.2 Å². The highest BCUT2D eigenvalue weighted by Gasteiger charge is 2.21. The normalized spacial score (nSPS) is 13.0. The zero-order chi connectivity index (χ0) is 16.2. The molecule has 0 bridgehead atoms. The molecular formula is C14H19Cl2NO3S. The predicted molar refractivity (Wildman–Crippen MR) is 85.5 cm³/mol. The second kappa shape index (κ2) is 7.47. The summed E-state index contributed by atoms with van der Waals surface area (Å²) in [4.78, 5) is 14.1. The van der Waals surface area contributed by atoms with Gasteiger partial charge >= 0.3 is 0 Å². The Morgan fingerprint density at radius 1 is 1.33 bits per heavy atom. The van der Waals surface area contributed by atoms with Gasteiger partial charge in [0.2, 0.25) is 0 Å². The van der Waals surface area contributed by atoms with Gasteiger partial charge in [0.15, 0.2) is 0 Å². The van der Waals surface area contributed by atoms with E-state index in [0.29, 0.717) is 19.0 Å². The van der Waals surface area contributed by atoms with Crippen LogP contribution in [0.3, 0.4) is 0 Å². The molecule has 0 aliphatic rings. The van der Waals surface area contributed by atoms with E-state index in [-0.39, 0.29) is 21.4 Å². The van der Waals surface area contributed by atoms with E-state index < -0.39 is 9.05 Å². The molecule has 0 aromatic heterocycles. The van der Waals surface area contributed by atoms with Crippen LogP contribution < -0.4 is 0 Å². The molecule has 1 aromatic carbocycles. The van der Waals surface area contributed by atoms with Gasteiger partial charge in [0, 0.05) is 23.8 Å². The maximum atomic E-state index is 12.5. The van der Waals surface area contributed by atoms with Gasteiger partial charge in [-0.3, -0.25) is 4.79 Å². The zero-order valence-corrected chi connectivity index (χ0v) is 14.6. The van der Waals surface area contributed by atoms with Gasteiger partial charge in [0.1, 0.15) is 0 Å². The van der Waals surface area contributed by atoms with Crippen molar-refractivity contribution in [2.24, 2.45) is 5.92 Å². The van der Waals surface area contributed by atoms with Crippen molar-refractivity contribution in [3.8, 4) is 0 Å². The lowest BCUT2D eigenvalue weighted by Gasteiger charge is -2.24. The molecule has 0 N–H and O–H groups in total. The molecule has 1 atom stereocenters. The van der Waals surface area contributed by atoms with Crippen molar-refractivity contribution in [2.75, 3.05) is 13.1 Å². The van der Waals surface area contributed by atoms with Gasteiger partial charge in [-0.15, -0.1) is 0 Å². The molecule has 0 saturated heterocycles. The Kier molecular flexibility index (Phi) is 6.50. The Labute approximate surface area is 135 Å². The van der Waals surface area contributed by atoms with Crippen molar-refractivity contribution >= 4 is 37.2 Å². The molecular weight excluding hydrogens is 333 g/mol. The Hall–Kier alpha value is -0.780. The highest BCUT2D eigenvalue weighted by atomic mass is 35.7. The van der Waals surface area contributed by atoms with E-state index in [2.05, 4.69) is 13.8 Å². The highest BCUT2D eigenvalue weighted by molar-refractivity contribution is 8.13. The van der Waals surface area contributed by atoms with Crippen molar-refractivity contribution in [1.29, 1.82) is 0 Å². The number of rotatable bonds is 6. The Bertz CT molecular complexity index is 617. The number of nitrogens with zero attached hydrogens (tertiary/aromatic N) is 1. The lowest BCUT2D eigenvalue weighted by Crippen LogP contribution is -2.34. The third-order valence-electron chi connectivity index (χ3n) is 3.35. The van der Waals surface area contributed by atoms with E-state index in [1.807, 2.05) is 6.92 Å². The molecule has 0 heterocycles. The smallest absolute Gasteiger partial charge is 0.261 e. The molecule has 0 fully saturated rings. The number of halogens is 2. The molecule has 1 unspecified atom stereocenters. The summed E-state index contributed by atoms with van der Waals surface area (Å²) in [6.07, 6.45) is 0.952. The van der Waals surface area contributed by atoms with Gasteiger partial charge < -0.3 is 4.90 Å². The summed E-state index contributed by atoms with van der Waals surface area (Å²) in [5.41, 5.74) is 0.156. The van der Waals surface area contributed by atoms with Crippen LogP contribution in [0.15, 0.2) is 23.1 Å². The number of hydrogen-bond donors (Lipinski definition) is 0. The first-order chi connectivity index (χ1) is 9.70. The molecule has 0 saturated carbocycles. The fraction of sp³-hybridized carbons (Fsp3) is 0.500. The number of carbonyl (C=O) groups is 1. The molecule has 7 heteroatoms. The predicted octanol–water partition coefficient (Wildman–Crippen LogP) is 3.78. The van der Waals surface area contributed by atoms with Crippen molar-refractivity contribution in [3.05, 3.63) is 28.8 Å². The Morgan fingerprint density at radius 3 is 2.43 bits per heavy atom. The van der Waals surface area contributed by atoms with Crippen molar-refractivity contribution < 1.29 is 13.2 Å². The lowest BCUT2D eigenvalue weighted by molar-refractivity contribution is 0.0741. The Balaban J connectivity index is 3.16. The third-order valence-corrected chi connectivity index (χ3v) is 5.03. The van der Waals surface area contributed by atoms with Crippen LogP contribution in [-0.2, 0) is 9.05 Å². The van der Waals surface area contributed by atoms with Crippen molar-refractivity contribution in [2.45, 2.75) is 32.1 Å². The summed E-state index contributed by atoms with van der Waals surface area (Å²) in [5, 5.41) is 0.215. The van der Waals surface area contributed by atoms with Crippen molar-refractivity contribution in [1.82, 2.24) is 4.90 Å². The molecule has 21 heavy (non-hydrogen) atoms. The molecule has 0 spiro atoms. The second-order valence-corrected chi connectivity index (χ2v) is 7.91. The fourth-order valence-electron chi connectivity index (χ4n) is 1.85. The number of amides is 1. The summed E-state index contributed by atoms with van der Waals surface area (Å²) in [6.45, 7) is 7.10. The van der Waals surface area contributed by atoms with Gasteiger partial charge in [-0.1, -0.05) is 31.9 Å². The average molecular weight is 352 g/mol. The average Bonchev–Trinajstić information content (AvgIpc) is 2.42. The summed E-state index contributed by atoms with van der Waals surface area (Å²) in [5.74, 6) is 0.0672. The van der Waals surface area contributed by atoms with Crippen LogP contribution in [0.4, 0.5) is 0 Å². The van der Waals surface area contributed by atoms with Gasteiger partial charge in [0.25, 0.3) is 15.0 Å². The third kappa shape index (κ3) is 4.87. The minimum atomic E-state index is -3.89. The molecule has 0 aliphatic heterocycles. The first-order valence-electron chi connectivity index (χ1n) is 6.74. The van der Waals surface area contributed by atoms with Gasteiger partial charge in [-0.05, 0) is 31.0 Å². The van der Waals surface area contributed by atoms with E-state index in [4.69, 9.17) is 22.3 Å². The molecule has 1 amide bonds. The van der Waals surface area contributed by atoms with Crippen LogP contribution in [0.5, 0.6) is 0 Å². The molecule has 0 radical (unpaired) electrons. The van der Waals surface area contributed by atoms with Crippen LogP contribution >= 0.6 is 22.3 Å². The molecule has 1 rings (SSSR count). The Morgan fingerprint density at radius 2 is 1.95 bits per heavy atom. The molecule has 1 aromatic rings. The summed E-state index contributed by atoms with van der Waals surface area (Å²) < 4.78 is 22.8. The van der Waals surface area contributed by atoms with E-state index >= 15 is 0 Å². The first kappa shape index (κ1) is 18.3. The van der Waals surface area contributed by atoms with E-state index in [0.717, 1.165) is 6.42 Å². The van der Waals surface area contributed by atoms with Crippen molar-refractivity contribution in [3.63, 3.8) is 0 Å². The van der Waals surface area contributed by atoms with Crippen LogP contribution in [0.25, 0.3) is 0 Å². The number of carbonyl (C=O) groups excluding carboxylic acids is 1. The zero-order valence-electron chi connectivity index (χ0n) is 12.3. The molecule has 118 valence electrons. The lowest BCUT2D eigenvalue weighted by atomic mass is 10.1. The van der Waals surface area contributed by atoms with Crippen LogP contribution in [0.1, 0.15) is 37.6 Å². The fourth-order valence-corrected chi connectivity index (χ4v) is 2.83. The molecule has 4 nitrogen and oxygen atoms in total. The van der Waals surface area contributed by atoms with Gasteiger partial charge in [-0.25, -0.2) is 8.42 Å². The standard InChI is InChI=1S/C14H19Cl2NO3S/c1-4-10(3)9-17(5-2)14(18)12-8-11(21(16,19)20)6-7-13(12)15/h6-8,10H,4-5,9H2,1-3H3. The molecule has 0 aliphatic carbocycles. The second-order valence-electron chi connectivity index (χ2n) is 4.94. The topological polar surface area (TPSA) is 54.5 Å². The van der Waals surface area contributed by atoms with Gasteiger partial charge in [-0.2, -0.15) is 0 Å². The largest absolute Gasteiger partial charge is 0.339 e. The minimum Gasteiger partial charge on any atom is -0.339 e. The monoisotopic (exact) mass is 351 g/mol. The maximum absolute atomic E-state index is 12.5.